The average Bonchev–Trinajstić information content (AvgIpc) is 2.93. The van der Waals surface area contributed by atoms with Gasteiger partial charge >= 0.3 is 0 Å². The SMILES string of the molecule is CCCCC(C(N)=O)c1cc([N+](=O)[O-])ccc1/C(=C/c1cc(OC)cc(OC)c1)C(=O)NCCCC(=O)NO. The van der Waals surface area contributed by atoms with Crippen LogP contribution in [0, 0.1) is 10.1 Å². The monoisotopic (exact) mass is 542 g/mol. The fourth-order valence-corrected chi connectivity index (χ4v) is 4.00. The zero-order valence-corrected chi connectivity index (χ0v) is 22.2. The lowest BCUT2D eigenvalue weighted by Crippen LogP contribution is -2.28. The second-order valence-electron chi connectivity index (χ2n) is 8.72. The molecule has 0 fully saturated rings. The zero-order valence-electron chi connectivity index (χ0n) is 22.2. The molecule has 0 spiro atoms. The molecule has 0 aliphatic heterocycles. The molecule has 39 heavy (non-hydrogen) atoms. The first kappa shape index (κ1) is 30.8. The normalized spacial score (nSPS) is 11.8. The van der Waals surface area contributed by atoms with Crippen LogP contribution in [0.3, 0.4) is 0 Å². The molecule has 3 amide bonds. The third kappa shape index (κ3) is 8.82. The van der Waals surface area contributed by atoms with E-state index in [4.69, 9.17) is 20.4 Å². The molecule has 12 heteroatoms. The van der Waals surface area contributed by atoms with Crippen molar-refractivity contribution in [1.29, 1.82) is 0 Å². The molecule has 1 atom stereocenters. The van der Waals surface area contributed by atoms with Gasteiger partial charge in [-0.25, -0.2) is 5.48 Å². The van der Waals surface area contributed by atoms with E-state index < -0.39 is 28.6 Å². The maximum absolute atomic E-state index is 13.5. The fraction of sp³-hybridized carbons (Fsp3) is 0.370. The van der Waals surface area contributed by atoms with E-state index in [2.05, 4.69) is 5.32 Å². The van der Waals surface area contributed by atoms with Crippen LogP contribution >= 0.6 is 0 Å². The molecule has 0 aromatic heterocycles. The minimum Gasteiger partial charge on any atom is -0.497 e. The summed E-state index contributed by atoms with van der Waals surface area (Å²) in [6.45, 7) is 2.04. The summed E-state index contributed by atoms with van der Waals surface area (Å²) in [7, 11) is 2.97. The lowest BCUT2D eigenvalue weighted by Gasteiger charge is -2.20. The molecular weight excluding hydrogens is 508 g/mol. The van der Waals surface area contributed by atoms with Gasteiger partial charge in [0.15, 0.2) is 0 Å². The Balaban J connectivity index is 2.70. The van der Waals surface area contributed by atoms with Crippen molar-refractivity contribution < 1.29 is 34.0 Å². The molecule has 0 heterocycles. The molecule has 0 radical (unpaired) electrons. The van der Waals surface area contributed by atoms with Crippen LogP contribution in [-0.2, 0) is 14.4 Å². The number of nitro benzene ring substituents is 1. The number of non-ortho nitro benzene ring substituents is 1. The van der Waals surface area contributed by atoms with Gasteiger partial charge in [0.25, 0.3) is 11.6 Å². The van der Waals surface area contributed by atoms with Gasteiger partial charge in [-0.3, -0.25) is 29.7 Å². The maximum atomic E-state index is 13.5. The number of hydroxylamine groups is 1. The van der Waals surface area contributed by atoms with E-state index in [1.165, 1.54) is 37.9 Å². The summed E-state index contributed by atoms with van der Waals surface area (Å²) in [4.78, 5) is 48.3. The number of carbonyl (C=O) groups is 3. The first-order chi connectivity index (χ1) is 18.6. The molecule has 0 saturated heterocycles. The van der Waals surface area contributed by atoms with Gasteiger partial charge in [0.1, 0.15) is 11.5 Å². The van der Waals surface area contributed by atoms with Crippen LogP contribution in [0.15, 0.2) is 36.4 Å². The van der Waals surface area contributed by atoms with E-state index in [1.54, 1.807) is 24.3 Å². The quantitative estimate of drug-likeness (QED) is 0.0660. The third-order valence-electron chi connectivity index (χ3n) is 6.02. The van der Waals surface area contributed by atoms with Crippen molar-refractivity contribution >= 4 is 35.1 Å². The molecule has 5 N–H and O–H groups in total. The topological polar surface area (TPSA) is 183 Å². The third-order valence-corrected chi connectivity index (χ3v) is 6.02. The van der Waals surface area contributed by atoms with Gasteiger partial charge in [-0.2, -0.15) is 0 Å². The molecule has 210 valence electrons. The van der Waals surface area contributed by atoms with Gasteiger partial charge in [-0.1, -0.05) is 19.8 Å². The number of primary amides is 1. The van der Waals surface area contributed by atoms with Crippen molar-refractivity contribution in [2.45, 2.75) is 44.9 Å². The molecular formula is C27H34N4O8. The summed E-state index contributed by atoms with van der Waals surface area (Å²) in [5, 5.41) is 23.0. The summed E-state index contributed by atoms with van der Waals surface area (Å²) in [5.74, 6) is -1.74. The van der Waals surface area contributed by atoms with E-state index in [1.807, 2.05) is 6.92 Å². The standard InChI is InChI=1S/C27H34N4O8/c1-4-5-7-22(26(28)33)23-15-18(31(36)37)9-10-21(23)24(27(34)29-11-6-8-25(32)30-35)14-17-12-19(38-2)16-20(13-17)39-3/h9-10,12-16,22,35H,4-8,11H2,1-3H3,(H2,28,33)(H,29,34)(H,30,32)/b24-14-. The lowest BCUT2D eigenvalue weighted by molar-refractivity contribution is -0.384. The Labute approximate surface area is 226 Å². The number of amides is 3. The minimum absolute atomic E-state index is 0.0214. The van der Waals surface area contributed by atoms with Crippen LogP contribution < -0.4 is 26.0 Å². The highest BCUT2D eigenvalue weighted by Crippen LogP contribution is 2.34. The summed E-state index contributed by atoms with van der Waals surface area (Å²) >= 11 is 0. The fourth-order valence-electron chi connectivity index (χ4n) is 4.00. The molecule has 2 aromatic rings. The molecule has 2 rings (SSSR count). The van der Waals surface area contributed by atoms with Crippen molar-refractivity contribution in [1.82, 2.24) is 10.8 Å². The average molecular weight is 543 g/mol. The summed E-state index contributed by atoms with van der Waals surface area (Å²) in [6.07, 6.45) is 3.53. The van der Waals surface area contributed by atoms with Crippen LogP contribution in [0.5, 0.6) is 11.5 Å². The van der Waals surface area contributed by atoms with E-state index in [0.717, 1.165) is 6.42 Å². The predicted octanol–water partition coefficient (Wildman–Crippen LogP) is 3.31. The number of hydrogen-bond acceptors (Lipinski definition) is 8. The Hall–Kier alpha value is -4.45. The van der Waals surface area contributed by atoms with Gasteiger partial charge in [-0.05, 0) is 53.8 Å². The second kappa shape index (κ2) is 15.1. The Morgan fingerprint density at radius 3 is 2.31 bits per heavy atom. The minimum atomic E-state index is -0.871. The highest BCUT2D eigenvalue weighted by Gasteiger charge is 2.27. The number of rotatable bonds is 15. The summed E-state index contributed by atoms with van der Waals surface area (Å²) < 4.78 is 10.7. The van der Waals surface area contributed by atoms with Crippen molar-refractivity contribution in [2.24, 2.45) is 5.73 Å². The van der Waals surface area contributed by atoms with Crippen molar-refractivity contribution in [3.8, 4) is 11.5 Å². The number of nitrogens with zero attached hydrogens (tertiary/aromatic N) is 1. The largest absolute Gasteiger partial charge is 0.497 e. The van der Waals surface area contributed by atoms with E-state index in [9.17, 15) is 24.5 Å². The van der Waals surface area contributed by atoms with Gasteiger partial charge in [0, 0.05) is 36.7 Å². The molecule has 12 nitrogen and oxygen atoms in total. The van der Waals surface area contributed by atoms with Crippen LogP contribution in [0.1, 0.15) is 61.6 Å². The number of methoxy groups -OCH3 is 2. The number of benzene rings is 2. The number of nitro groups is 1. The van der Waals surface area contributed by atoms with E-state index in [-0.39, 0.29) is 36.2 Å². The molecule has 0 aliphatic rings. The molecule has 0 aliphatic carbocycles. The van der Waals surface area contributed by atoms with Crippen LogP contribution in [0.25, 0.3) is 11.6 Å². The summed E-state index contributed by atoms with van der Waals surface area (Å²) in [6, 6.07) is 8.98. The molecule has 0 saturated carbocycles. The second-order valence-corrected chi connectivity index (χ2v) is 8.72. The molecule has 1 unspecified atom stereocenters. The lowest BCUT2D eigenvalue weighted by atomic mass is 9.85. The first-order valence-corrected chi connectivity index (χ1v) is 12.4. The highest BCUT2D eigenvalue weighted by atomic mass is 16.6. The van der Waals surface area contributed by atoms with Crippen molar-refractivity contribution in [3.05, 3.63) is 63.2 Å². The number of hydrogen-bond donors (Lipinski definition) is 4. The number of unbranched alkanes of at least 4 members (excludes halogenated alkanes) is 1. The summed E-state index contributed by atoms with van der Waals surface area (Å²) in [5.41, 5.74) is 8.23. The van der Waals surface area contributed by atoms with Gasteiger partial charge in [0.05, 0.1) is 25.1 Å². The van der Waals surface area contributed by atoms with Crippen molar-refractivity contribution in [3.63, 3.8) is 0 Å². The van der Waals surface area contributed by atoms with Crippen LogP contribution in [-0.4, -0.2) is 48.6 Å². The first-order valence-electron chi connectivity index (χ1n) is 12.4. The Kier molecular flexibility index (Phi) is 11.9. The Bertz CT molecular complexity index is 1210. The van der Waals surface area contributed by atoms with Gasteiger partial charge < -0.3 is 20.5 Å². The maximum Gasteiger partial charge on any atom is 0.269 e. The van der Waals surface area contributed by atoms with Crippen LogP contribution in [0.4, 0.5) is 5.69 Å². The van der Waals surface area contributed by atoms with E-state index in [0.29, 0.717) is 35.5 Å². The zero-order chi connectivity index (χ0) is 28.9. The predicted molar refractivity (Wildman–Crippen MR) is 144 cm³/mol. The molecule has 2 aromatic carbocycles. The van der Waals surface area contributed by atoms with Crippen molar-refractivity contribution in [2.75, 3.05) is 20.8 Å². The smallest absolute Gasteiger partial charge is 0.269 e. The Morgan fingerprint density at radius 2 is 1.77 bits per heavy atom. The van der Waals surface area contributed by atoms with Crippen LogP contribution in [0.2, 0.25) is 0 Å². The van der Waals surface area contributed by atoms with Gasteiger partial charge in [-0.15, -0.1) is 0 Å². The number of nitrogens with two attached hydrogens (primary N) is 1. The highest BCUT2D eigenvalue weighted by molar-refractivity contribution is 6.24. The number of carbonyl (C=O) groups excluding carboxylic acids is 3. The Morgan fingerprint density at radius 1 is 1.10 bits per heavy atom. The van der Waals surface area contributed by atoms with Gasteiger partial charge in [0.2, 0.25) is 11.8 Å². The molecule has 0 bridgehead atoms. The van der Waals surface area contributed by atoms with E-state index >= 15 is 0 Å². The number of nitrogens with one attached hydrogen (secondary N) is 2. The number of ether oxygens (including phenoxy) is 2.